The summed E-state index contributed by atoms with van der Waals surface area (Å²) in [5.74, 6) is -0.446. The second kappa shape index (κ2) is 15.1. The highest BCUT2D eigenvalue weighted by atomic mass is 32.2. The van der Waals surface area contributed by atoms with Crippen molar-refractivity contribution in [2.75, 3.05) is 18.0 Å². The van der Waals surface area contributed by atoms with Crippen molar-refractivity contribution < 1.29 is 22.7 Å². The number of hydrogen-bond donors (Lipinski definition) is 1. The maximum absolute atomic E-state index is 14.6. The molecule has 1 saturated carbocycles. The Morgan fingerprint density at radius 3 is 2.04 bits per heavy atom. The Balaban J connectivity index is 1.57. The largest absolute Gasteiger partial charge is 0.495 e. The van der Waals surface area contributed by atoms with Gasteiger partial charge in [0.15, 0.2) is 0 Å². The minimum absolute atomic E-state index is 0.0474. The van der Waals surface area contributed by atoms with Crippen LogP contribution in [0.4, 0.5) is 5.69 Å². The molecule has 0 bridgehead atoms. The average molecular weight is 640 g/mol. The van der Waals surface area contributed by atoms with Crippen molar-refractivity contribution in [1.29, 1.82) is 0 Å². The van der Waals surface area contributed by atoms with E-state index in [1.807, 2.05) is 67.6 Å². The van der Waals surface area contributed by atoms with Crippen molar-refractivity contribution in [1.82, 2.24) is 10.2 Å². The van der Waals surface area contributed by atoms with Crippen molar-refractivity contribution >= 4 is 27.5 Å². The number of sulfonamides is 1. The van der Waals surface area contributed by atoms with E-state index in [-0.39, 0.29) is 35.5 Å². The zero-order valence-corrected chi connectivity index (χ0v) is 27.2. The molecule has 0 heterocycles. The highest BCUT2D eigenvalue weighted by Gasteiger charge is 2.36. The topological polar surface area (TPSA) is 96.0 Å². The van der Waals surface area contributed by atoms with Crippen LogP contribution in [-0.2, 0) is 32.6 Å². The van der Waals surface area contributed by atoms with Crippen molar-refractivity contribution in [2.24, 2.45) is 0 Å². The smallest absolute Gasteiger partial charge is 0.264 e. The molecule has 0 radical (unpaired) electrons. The Morgan fingerprint density at radius 1 is 0.826 bits per heavy atom. The fourth-order valence-corrected chi connectivity index (χ4v) is 7.31. The first-order valence-electron chi connectivity index (χ1n) is 15.7. The molecule has 2 amide bonds. The summed E-state index contributed by atoms with van der Waals surface area (Å²) in [4.78, 5) is 30.3. The number of hydrogen-bond acceptors (Lipinski definition) is 5. The Kier molecular flexibility index (Phi) is 10.8. The molecule has 4 aromatic rings. The van der Waals surface area contributed by atoms with E-state index in [0.29, 0.717) is 5.75 Å². The molecule has 0 spiro atoms. The standard InChI is InChI=1S/C37H41N3O5S/c1-28-21-23-32(24-22-28)46(43,44)40(33-19-11-12-20-35(33)45-2)27-36(41)39(26-30-15-7-4-8-16-30)34(25-29-13-5-3-6-14-29)37(42)38-31-17-9-10-18-31/h3-8,11-16,19-24,31,34H,9-10,17-18,25-27H2,1-2H3,(H,38,42). The predicted molar refractivity (Wildman–Crippen MR) is 180 cm³/mol. The number of nitrogens with zero attached hydrogens (tertiary/aromatic N) is 2. The van der Waals surface area contributed by atoms with E-state index < -0.39 is 28.5 Å². The number of amides is 2. The monoisotopic (exact) mass is 639 g/mol. The van der Waals surface area contributed by atoms with Gasteiger partial charge in [-0.15, -0.1) is 0 Å². The third kappa shape index (κ3) is 7.95. The van der Waals surface area contributed by atoms with E-state index in [4.69, 9.17) is 4.74 Å². The van der Waals surface area contributed by atoms with Gasteiger partial charge in [-0.05, 0) is 55.2 Å². The lowest BCUT2D eigenvalue weighted by Crippen LogP contribution is -2.54. The van der Waals surface area contributed by atoms with Crippen molar-refractivity contribution in [3.63, 3.8) is 0 Å². The highest BCUT2D eigenvalue weighted by molar-refractivity contribution is 7.92. The van der Waals surface area contributed by atoms with Crippen LogP contribution in [-0.4, -0.2) is 50.9 Å². The molecule has 1 atom stereocenters. The number of carbonyl (C=O) groups is 2. The van der Waals surface area contributed by atoms with Gasteiger partial charge in [0.25, 0.3) is 10.0 Å². The summed E-state index contributed by atoms with van der Waals surface area (Å²) in [6.07, 6.45) is 4.16. The number of benzene rings is 4. The number of carbonyl (C=O) groups excluding carboxylic acids is 2. The van der Waals surface area contributed by atoms with E-state index in [1.54, 1.807) is 36.4 Å². The summed E-state index contributed by atoms with van der Waals surface area (Å²) in [5.41, 5.74) is 2.86. The Labute approximate surface area is 272 Å². The van der Waals surface area contributed by atoms with Crippen LogP contribution >= 0.6 is 0 Å². The Hall–Kier alpha value is -4.63. The molecule has 1 fully saturated rings. The third-order valence-corrected chi connectivity index (χ3v) is 10.2. The van der Waals surface area contributed by atoms with E-state index in [0.717, 1.165) is 46.7 Å². The van der Waals surface area contributed by atoms with E-state index in [9.17, 15) is 18.0 Å². The normalized spacial score (nSPS) is 14.0. The van der Waals surface area contributed by atoms with Crippen LogP contribution in [0.5, 0.6) is 5.75 Å². The average Bonchev–Trinajstić information content (AvgIpc) is 3.59. The molecule has 8 nitrogen and oxygen atoms in total. The quantitative estimate of drug-likeness (QED) is 0.197. The summed E-state index contributed by atoms with van der Waals surface area (Å²) in [5, 5.41) is 3.20. The molecule has 1 aliphatic carbocycles. The summed E-state index contributed by atoms with van der Waals surface area (Å²) in [6, 6.07) is 31.4. The van der Waals surface area contributed by atoms with Crippen LogP contribution < -0.4 is 14.4 Å². The number of methoxy groups -OCH3 is 1. The molecule has 1 aliphatic rings. The zero-order valence-electron chi connectivity index (χ0n) is 26.3. The maximum atomic E-state index is 14.6. The molecule has 46 heavy (non-hydrogen) atoms. The van der Waals surface area contributed by atoms with Gasteiger partial charge in [0, 0.05) is 19.0 Å². The number of nitrogens with one attached hydrogen (secondary N) is 1. The van der Waals surface area contributed by atoms with Gasteiger partial charge in [-0.3, -0.25) is 13.9 Å². The first kappa shape index (κ1) is 32.8. The van der Waals surface area contributed by atoms with Gasteiger partial charge >= 0.3 is 0 Å². The fraction of sp³-hybridized carbons (Fsp3) is 0.297. The lowest BCUT2D eigenvalue weighted by atomic mass is 10.0. The van der Waals surface area contributed by atoms with E-state index in [2.05, 4.69) is 5.32 Å². The van der Waals surface area contributed by atoms with Gasteiger partial charge in [-0.25, -0.2) is 8.42 Å². The molecule has 9 heteroatoms. The van der Waals surface area contributed by atoms with E-state index in [1.165, 1.54) is 24.1 Å². The van der Waals surface area contributed by atoms with Crippen LogP contribution in [0.25, 0.3) is 0 Å². The minimum Gasteiger partial charge on any atom is -0.495 e. The number of para-hydroxylation sites is 2. The molecule has 1 N–H and O–H groups in total. The molecular formula is C37H41N3O5S. The van der Waals surface area contributed by atoms with Gasteiger partial charge in [0.1, 0.15) is 18.3 Å². The second-order valence-corrected chi connectivity index (χ2v) is 13.6. The SMILES string of the molecule is COc1ccccc1N(CC(=O)N(Cc1ccccc1)C(Cc1ccccc1)C(=O)NC1CCCC1)S(=O)(=O)c1ccc(C)cc1. The van der Waals surface area contributed by atoms with Gasteiger partial charge in [-0.1, -0.05) is 103 Å². The van der Waals surface area contributed by atoms with Crippen molar-refractivity contribution in [3.8, 4) is 5.75 Å². The molecule has 4 aromatic carbocycles. The summed E-state index contributed by atoms with van der Waals surface area (Å²) in [7, 11) is -2.76. The number of aryl methyl sites for hydroxylation is 1. The van der Waals surface area contributed by atoms with Crippen LogP contribution in [0.1, 0.15) is 42.4 Å². The zero-order chi connectivity index (χ0) is 32.5. The number of ether oxygens (including phenoxy) is 1. The molecule has 1 unspecified atom stereocenters. The maximum Gasteiger partial charge on any atom is 0.264 e. The van der Waals surface area contributed by atoms with Crippen molar-refractivity contribution in [2.45, 2.75) is 62.6 Å². The van der Waals surface area contributed by atoms with Crippen LogP contribution in [0.3, 0.4) is 0 Å². The molecule has 0 aliphatic heterocycles. The summed E-state index contributed by atoms with van der Waals surface area (Å²) in [6.45, 7) is 1.47. The van der Waals surface area contributed by atoms with Gasteiger partial charge < -0.3 is 15.0 Å². The summed E-state index contributed by atoms with van der Waals surface area (Å²) >= 11 is 0. The van der Waals surface area contributed by atoms with Gasteiger partial charge in [0.2, 0.25) is 11.8 Å². The van der Waals surface area contributed by atoms with Crippen molar-refractivity contribution in [3.05, 3.63) is 126 Å². The predicted octanol–water partition coefficient (Wildman–Crippen LogP) is 5.90. The molecule has 0 aromatic heterocycles. The molecule has 5 rings (SSSR count). The molecular weight excluding hydrogens is 598 g/mol. The summed E-state index contributed by atoms with van der Waals surface area (Å²) < 4.78 is 35.2. The molecule has 0 saturated heterocycles. The number of anilines is 1. The van der Waals surface area contributed by atoms with Gasteiger partial charge in [0.05, 0.1) is 17.7 Å². The lowest BCUT2D eigenvalue weighted by Gasteiger charge is -2.34. The Morgan fingerprint density at radius 2 is 1.41 bits per heavy atom. The number of rotatable bonds is 13. The highest BCUT2D eigenvalue weighted by Crippen LogP contribution is 2.33. The Bertz CT molecular complexity index is 1710. The van der Waals surface area contributed by atoms with E-state index >= 15 is 0 Å². The van der Waals surface area contributed by atoms with Gasteiger partial charge in [-0.2, -0.15) is 0 Å². The second-order valence-electron chi connectivity index (χ2n) is 11.7. The first-order chi connectivity index (χ1) is 22.3. The van der Waals surface area contributed by atoms with Crippen LogP contribution in [0.2, 0.25) is 0 Å². The third-order valence-electron chi connectivity index (χ3n) is 8.41. The molecule has 240 valence electrons. The lowest BCUT2D eigenvalue weighted by molar-refractivity contribution is -0.140. The van der Waals surface area contributed by atoms with Crippen LogP contribution in [0.15, 0.2) is 114 Å². The fourth-order valence-electron chi connectivity index (χ4n) is 5.89. The first-order valence-corrected chi connectivity index (χ1v) is 17.1. The van der Waals surface area contributed by atoms with Crippen LogP contribution in [0, 0.1) is 6.92 Å². The minimum atomic E-state index is -4.22.